The number of hydrogen-bond donors (Lipinski definition) is 2. The molecule has 154 valence electrons. The van der Waals surface area contributed by atoms with Crippen molar-refractivity contribution in [1.29, 1.82) is 0 Å². The quantitative estimate of drug-likeness (QED) is 0.639. The van der Waals surface area contributed by atoms with E-state index in [2.05, 4.69) is 25.6 Å². The van der Waals surface area contributed by atoms with E-state index in [1.807, 2.05) is 43.0 Å². The van der Waals surface area contributed by atoms with Crippen molar-refractivity contribution < 1.29 is 14.6 Å². The van der Waals surface area contributed by atoms with Crippen LogP contribution in [0, 0.1) is 6.92 Å². The van der Waals surface area contributed by atoms with Gasteiger partial charge >= 0.3 is 0 Å². The van der Waals surface area contributed by atoms with Gasteiger partial charge in [-0.3, -0.25) is 4.90 Å². The normalized spacial score (nSPS) is 23.6. The second-order valence-electron chi connectivity index (χ2n) is 7.62. The average molecular weight is 387 g/mol. The third kappa shape index (κ3) is 5.79. The van der Waals surface area contributed by atoms with Crippen LogP contribution in [-0.2, 0) is 15.9 Å². The predicted molar refractivity (Wildman–Crippen MR) is 114 cm³/mol. The van der Waals surface area contributed by atoms with E-state index in [1.165, 1.54) is 5.56 Å². The molecule has 0 radical (unpaired) electrons. The van der Waals surface area contributed by atoms with Gasteiger partial charge in [-0.05, 0) is 43.5 Å². The molecular weight excluding hydrogens is 352 g/mol. The Hall–Kier alpha value is -1.92. The van der Waals surface area contributed by atoms with Crippen LogP contribution in [-0.4, -0.2) is 54.7 Å². The summed E-state index contributed by atoms with van der Waals surface area (Å²) in [7, 11) is 1.68. The molecule has 0 saturated carbocycles. The van der Waals surface area contributed by atoms with Gasteiger partial charge in [0.25, 0.3) is 0 Å². The maximum atomic E-state index is 11.1. The molecule has 0 bridgehead atoms. The first-order valence-electron chi connectivity index (χ1n) is 9.70. The monoisotopic (exact) mass is 386 g/mol. The van der Waals surface area contributed by atoms with Crippen LogP contribution in [0.2, 0.25) is 0 Å². The molecule has 5 nitrogen and oxygen atoms in total. The first-order chi connectivity index (χ1) is 13.3. The van der Waals surface area contributed by atoms with E-state index in [1.54, 1.807) is 13.2 Å². The van der Waals surface area contributed by atoms with E-state index in [-0.39, 0.29) is 12.2 Å². The molecule has 3 unspecified atom stereocenters. The number of methoxy groups -OCH3 is 1. The average Bonchev–Trinajstić information content (AvgIpc) is 3.08. The Kier molecular flexibility index (Phi) is 8.01. The second-order valence-corrected chi connectivity index (χ2v) is 7.62. The van der Waals surface area contributed by atoms with Gasteiger partial charge in [-0.1, -0.05) is 43.0 Å². The van der Waals surface area contributed by atoms with Gasteiger partial charge < -0.3 is 20.3 Å². The van der Waals surface area contributed by atoms with Crippen molar-refractivity contribution in [2.45, 2.75) is 45.1 Å². The molecule has 1 fully saturated rings. The second kappa shape index (κ2) is 10.0. The van der Waals surface area contributed by atoms with Crippen LogP contribution in [0.4, 0.5) is 0 Å². The summed E-state index contributed by atoms with van der Waals surface area (Å²) in [6.07, 6.45) is 5.77. The van der Waals surface area contributed by atoms with E-state index in [0.29, 0.717) is 31.8 Å². The van der Waals surface area contributed by atoms with Crippen LogP contribution in [0.3, 0.4) is 0 Å². The number of rotatable bonds is 9. The van der Waals surface area contributed by atoms with Crippen molar-refractivity contribution >= 4 is 0 Å². The lowest BCUT2D eigenvalue weighted by Gasteiger charge is -2.34. The van der Waals surface area contributed by atoms with Gasteiger partial charge in [0.2, 0.25) is 0 Å². The summed E-state index contributed by atoms with van der Waals surface area (Å²) in [5.41, 5.74) is 9.02. The molecule has 0 amide bonds. The largest absolute Gasteiger partial charge is 0.399 e. The van der Waals surface area contributed by atoms with E-state index in [0.717, 1.165) is 11.1 Å². The summed E-state index contributed by atoms with van der Waals surface area (Å²) in [4.78, 5) is 2.04. The molecule has 1 aliphatic heterocycles. The van der Waals surface area contributed by atoms with E-state index in [9.17, 15) is 5.11 Å². The Balaban J connectivity index is 2.00. The standard InChI is InChI=1S/C23H34N2O3/c1-6-9-18(3)20(24)12-13-28-22-16-25(15-21(22)27-5)23(4,26)14-19-11-8-7-10-17(19)2/h6-12,21-22,26H,1,13-16,24H2,2-5H3/b18-9-,20-12+. The molecule has 0 aromatic heterocycles. The number of nitrogens with two attached hydrogens (primary N) is 1. The predicted octanol–water partition coefficient (Wildman–Crippen LogP) is 2.94. The van der Waals surface area contributed by atoms with Crippen molar-refractivity contribution in [3.05, 3.63) is 71.5 Å². The lowest BCUT2D eigenvalue weighted by atomic mass is 9.99. The molecule has 3 N–H and O–H groups in total. The first-order valence-corrected chi connectivity index (χ1v) is 9.70. The smallest absolute Gasteiger partial charge is 0.119 e. The third-order valence-electron chi connectivity index (χ3n) is 5.42. The van der Waals surface area contributed by atoms with Gasteiger partial charge in [0.15, 0.2) is 0 Å². The Bertz CT molecular complexity index is 724. The molecule has 5 heteroatoms. The number of allylic oxidation sites excluding steroid dienone is 3. The van der Waals surface area contributed by atoms with Crippen molar-refractivity contribution in [1.82, 2.24) is 4.90 Å². The first kappa shape index (κ1) is 22.4. The topological polar surface area (TPSA) is 68.0 Å². The highest BCUT2D eigenvalue weighted by molar-refractivity contribution is 5.29. The number of likely N-dealkylation sites (tertiary alicyclic amines) is 1. The lowest BCUT2D eigenvalue weighted by molar-refractivity contribution is -0.0884. The van der Waals surface area contributed by atoms with Gasteiger partial charge in [0.05, 0.1) is 18.8 Å². The number of aryl methyl sites for hydroxylation is 1. The minimum atomic E-state index is -0.973. The molecule has 28 heavy (non-hydrogen) atoms. The third-order valence-corrected chi connectivity index (χ3v) is 5.42. The van der Waals surface area contributed by atoms with Crippen LogP contribution in [0.25, 0.3) is 0 Å². The van der Waals surface area contributed by atoms with Gasteiger partial charge in [0, 0.05) is 32.3 Å². The summed E-state index contributed by atoms with van der Waals surface area (Å²) in [5.74, 6) is 0. The highest BCUT2D eigenvalue weighted by Gasteiger charge is 2.41. The molecule has 2 rings (SSSR count). The van der Waals surface area contributed by atoms with Gasteiger partial charge in [-0.2, -0.15) is 0 Å². The fourth-order valence-corrected chi connectivity index (χ4v) is 3.50. The summed E-state index contributed by atoms with van der Waals surface area (Å²) in [6.45, 7) is 11.2. The van der Waals surface area contributed by atoms with Gasteiger partial charge in [-0.15, -0.1) is 0 Å². The Morgan fingerprint density at radius 2 is 2.04 bits per heavy atom. The Morgan fingerprint density at radius 3 is 2.68 bits per heavy atom. The fourth-order valence-electron chi connectivity index (χ4n) is 3.50. The highest BCUT2D eigenvalue weighted by Crippen LogP contribution is 2.27. The number of ether oxygens (including phenoxy) is 2. The Morgan fingerprint density at radius 1 is 1.36 bits per heavy atom. The summed E-state index contributed by atoms with van der Waals surface area (Å²) < 4.78 is 11.6. The van der Waals surface area contributed by atoms with Crippen molar-refractivity contribution in [2.24, 2.45) is 5.73 Å². The molecule has 1 heterocycles. The minimum Gasteiger partial charge on any atom is -0.399 e. The van der Waals surface area contributed by atoms with Crippen LogP contribution < -0.4 is 5.73 Å². The van der Waals surface area contributed by atoms with Crippen LogP contribution in [0.15, 0.2) is 60.3 Å². The zero-order valence-electron chi connectivity index (χ0n) is 17.5. The molecule has 3 atom stereocenters. The molecular formula is C23H34N2O3. The molecule has 1 aliphatic rings. The summed E-state index contributed by atoms with van der Waals surface area (Å²) >= 11 is 0. The summed E-state index contributed by atoms with van der Waals surface area (Å²) in [6, 6.07) is 8.15. The van der Waals surface area contributed by atoms with Crippen molar-refractivity contribution in [2.75, 3.05) is 26.8 Å². The highest BCUT2D eigenvalue weighted by atomic mass is 16.5. The molecule has 0 aliphatic carbocycles. The minimum absolute atomic E-state index is 0.0946. The molecule has 1 aromatic rings. The SMILES string of the molecule is C=C/C=C(C)\C(N)=C/COC1CN(C(C)(O)Cc2ccccc2C)CC1OC. The number of nitrogens with zero attached hydrogens (tertiary/aromatic N) is 1. The maximum absolute atomic E-state index is 11.1. The fraction of sp³-hybridized carbons (Fsp3) is 0.478. The van der Waals surface area contributed by atoms with Crippen LogP contribution >= 0.6 is 0 Å². The Labute approximate surface area is 169 Å². The van der Waals surface area contributed by atoms with E-state index in [4.69, 9.17) is 15.2 Å². The van der Waals surface area contributed by atoms with E-state index >= 15 is 0 Å². The van der Waals surface area contributed by atoms with Crippen molar-refractivity contribution in [3.63, 3.8) is 0 Å². The molecule has 1 saturated heterocycles. The van der Waals surface area contributed by atoms with E-state index < -0.39 is 5.72 Å². The molecule has 1 aromatic carbocycles. The number of hydrogen-bond acceptors (Lipinski definition) is 5. The van der Waals surface area contributed by atoms with Gasteiger partial charge in [0.1, 0.15) is 5.72 Å². The van der Waals surface area contributed by atoms with Crippen molar-refractivity contribution in [3.8, 4) is 0 Å². The zero-order chi connectivity index (χ0) is 20.7. The summed E-state index contributed by atoms with van der Waals surface area (Å²) in [5, 5.41) is 11.1. The molecule has 0 spiro atoms. The van der Waals surface area contributed by atoms with Gasteiger partial charge in [-0.25, -0.2) is 0 Å². The van der Waals surface area contributed by atoms with Crippen LogP contribution in [0.5, 0.6) is 0 Å². The lowest BCUT2D eigenvalue weighted by Crippen LogP contribution is -2.47. The number of aliphatic hydroxyl groups is 1. The number of benzene rings is 1. The zero-order valence-corrected chi connectivity index (χ0v) is 17.5. The maximum Gasteiger partial charge on any atom is 0.119 e. The van der Waals surface area contributed by atoms with Crippen LogP contribution in [0.1, 0.15) is 25.0 Å².